The zero-order valence-corrected chi connectivity index (χ0v) is 13.4. The number of aromatic nitrogens is 2. The van der Waals surface area contributed by atoms with Crippen LogP contribution in [0.5, 0.6) is 0 Å². The zero-order chi connectivity index (χ0) is 15.1. The molecule has 0 spiro atoms. The first kappa shape index (κ1) is 16.0. The van der Waals surface area contributed by atoms with E-state index in [1.54, 1.807) is 0 Å². The molecule has 0 aliphatic rings. The van der Waals surface area contributed by atoms with Crippen LogP contribution in [0.15, 0.2) is 24.3 Å². The van der Waals surface area contributed by atoms with Crippen LogP contribution in [0.2, 0.25) is 0 Å². The second-order valence-corrected chi connectivity index (χ2v) is 5.76. The molecule has 116 valence electrons. The van der Waals surface area contributed by atoms with E-state index in [0.29, 0.717) is 5.92 Å². The summed E-state index contributed by atoms with van der Waals surface area (Å²) in [5, 5.41) is 9.32. The molecule has 0 aliphatic heterocycles. The van der Waals surface area contributed by atoms with E-state index >= 15 is 0 Å². The average Bonchev–Trinajstić information content (AvgIpc) is 2.83. The van der Waals surface area contributed by atoms with Crippen LogP contribution in [-0.2, 0) is 17.8 Å². The van der Waals surface area contributed by atoms with E-state index in [1.807, 2.05) is 0 Å². The van der Waals surface area contributed by atoms with Gasteiger partial charge in [-0.25, -0.2) is 0 Å². The maximum absolute atomic E-state index is 5.71. The van der Waals surface area contributed by atoms with E-state index < -0.39 is 0 Å². The largest absolute Gasteiger partial charge is 0.380 e. The summed E-state index contributed by atoms with van der Waals surface area (Å²) in [7, 11) is 0. The Labute approximate surface area is 127 Å². The first-order valence-electron chi connectivity index (χ1n) is 7.95. The summed E-state index contributed by atoms with van der Waals surface area (Å²) < 4.78 is 7.78. The second-order valence-electron chi connectivity index (χ2n) is 5.76. The third kappa shape index (κ3) is 4.55. The van der Waals surface area contributed by atoms with Crippen LogP contribution in [0.3, 0.4) is 0 Å². The lowest BCUT2D eigenvalue weighted by molar-refractivity contribution is 0.115. The van der Waals surface area contributed by atoms with Gasteiger partial charge in [0.25, 0.3) is 0 Å². The van der Waals surface area contributed by atoms with Crippen molar-refractivity contribution in [1.29, 1.82) is 0 Å². The molecule has 0 saturated heterocycles. The van der Waals surface area contributed by atoms with Gasteiger partial charge in [0.15, 0.2) is 0 Å². The van der Waals surface area contributed by atoms with Crippen molar-refractivity contribution in [2.24, 2.45) is 5.92 Å². The summed E-state index contributed by atoms with van der Waals surface area (Å²) in [4.78, 5) is 0. The summed E-state index contributed by atoms with van der Waals surface area (Å²) in [6.45, 7) is 10.7. The van der Waals surface area contributed by atoms with Crippen molar-refractivity contribution in [3.05, 3.63) is 30.0 Å². The number of fused-ring (bicyclic) bond motifs is 1. The number of rotatable bonds is 9. The maximum atomic E-state index is 5.71. The van der Waals surface area contributed by atoms with Gasteiger partial charge >= 0.3 is 0 Å². The summed E-state index contributed by atoms with van der Waals surface area (Å²) in [6.07, 6.45) is 1.12. The Morgan fingerprint density at radius 3 is 2.81 bits per heavy atom. The minimum absolute atomic E-state index is 0.697. The molecule has 1 N–H and O–H groups in total. The van der Waals surface area contributed by atoms with Crippen molar-refractivity contribution in [3.8, 4) is 0 Å². The SMILES string of the molecule is CCNCc1nn(CCOCCC(C)C)c2ccccc12. The maximum Gasteiger partial charge on any atom is 0.0841 e. The van der Waals surface area contributed by atoms with E-state index in [4.69, 9.17) is 9.84 Å². The molecule has 0 radical (unpaired) electrons. The summed E-state index contributed by atoms with van der Waals surface area (Å²) in [5.41, 5.74) is 2.31. The lowest BCUT2D eigenvalue weighted by Gasteiger charge is -2.07. The fourth-order valence-electron chi connectivity index (χ4n) is 2.31. The Balaban J connectivity index is 1.98. The van der Waals surface area contributed by atoms with Crippen LogP contribution in [-0.4, -0.2) is 29.5 Å². The summed E-state index contributed by atoms with van der Waals surface area (Å²) in [5.74, 6) is 0.697. The molecule has 0 amide bonds. The number of nitrogens with zero attached hydrogens (tertiary/aromatic N) is 2. The van der Waals surface area contributed by atoms with Gasteiger partial charge in [0, 0.05) is 18.5 Å². The topological polar surface area (TPSA) is 39.1 Å². The van der Waals surface area contributed by atoms with Gasteiger partial charge in [-0.3, -0.25) is 4.68 Å². The summed E-state index contributed by atoms with van der Waals surface area (Å²) in [6, 6.07) is 8.41. The van der Waals surface area contributed by atoms with Gasteiger partial charge in [-0.05, 0) is 24.9 Å². The molecule has 1 heterocycles. The molecule has 2 aromatic rings. The van der Waals surface area contributed by atoms with Crippen LogP contribution in [0.1, 0.15) is 32.9 Å². The van der Waals surface area contributed by atoms with Crippen LogP contribution in [0.4, 0.5) is 0 Å². The van der Waals surface area contributed by atoms with Crippen molar-refractivity contribution in [2.75, 3.05) is 19.8 Å². The number of ether oxygens (including phenoxy) is 1. The van der Waals surface area contributed by atoms with Crippen molar-refractivity contribution < 1.29 is 4.74 Å². The van der Waals surface area contributed by atoms with Gasteiger partial charge in [0.05, 0.1) is 24.4 Å². The van der Waals surface area contributed by atoms with Crippen LogP contribution in [0.25, 0.3) is 10.9 Å². The van der Waals surface area contributed by atoms with Gasteiger partial charge in [-0.1, -0.05) is 39.0 Å². The minimum Gasteiger partial charge on any atom is -0.380 e. The number of hydrogen-bond acceptors (Lipinski definition) is 3. The second kappa shape index (κ2) is 8.15. The molecule has 1 aromatic heterocycles. The Bertz CT molecular complexity index is 548. The molecule has 2 rings (SSSR count). The smallest absolute Gasteiger partial charge is 0.0841 e. The number of nitrogens with one attached hydrogen (secondary N) is 1. The Kier molecular flexibility index (Phi) is 6.21. The lowest BCUT2D eigenvalue weighted by atomic mass is 10.1. The highest BCUT2D eigenvalue weighted by atomic mass is 16.5. The molecule has 0 atom stereocenters. The van der Waals surface area contributed by atoms with E-state index in [1.165, 1.54) is 10.9 Å². The predicted octanol–water partition coefficient (Wildman–Crippen LogP) is 3.21. The molecule has 0 unspecified atom stereocenters. The first-order chi connectivity index (χ1) is 10.2. The molecule has 0 bridgehead atoms. The van der Waals surface area contributed by atoms with Crippen molar-refractivity contribution in [3.63, 3.8) is 0 Å². The van der Waals surface area contributed by atoms with E-state index in [-0.39, 0.29) is 0 Å². The van der Waals surface area contributed by atoms with Gasteiger partial charge in [0.2, 0.25) is 0 Å². The van der Waals surface area contributed by atoms with Gasteiger partial charge in [-0.2, -0.15) is 5.10 Å². The molecule has 21 heavy (non-hydrogen) atoms. The van der Waals surface area contributed by atoms with Crippen molar-refractivity contribution >= 4 is 10.9 Å². The minimum atomic E-state index is 0.697. The third-order valence-corrected chi connectivity index (χ3v) is 3.56. The molecule has 4 nitrogen and oxygen atoms in total. The summed E-state index contributed by atoms with van der Waals surface area (Å²) >= 11 is 0. The van der Waals surface area contributed by atoms with Crippen molar-refractivity contribution in [2.45, 2.75) is 40.3 Å². The fourth-order valence-corrected chi connectivity index (χ4v) is 2.31. The van der Waals surface area contributed by atoms with Crippen LogP contribution in [0, 0.1) is 5.92 Å². The molecular weight excluding hydrogens is 262 g/mol. The van der Waals surface area contributed by atoms with E-state index in [9.17, 15) is 0 Å². The first-order valence-corrected chi connectivity index (χ1v) is 7.95. The number of benzene rings is 1. The zero-order valence-electron chi connectivity index (χ0n) is 13.4. The normalized spacial score (nSPS) is 11.6. The van der Waals surface area contributed by atoms with Gasteiger partial charge < -0.3 is 10.1 Å². The molecule has 0 aliphatic carbocycles. The van der Waals surface area contributed by atoms with Crippen molar-refractivity contribution in [1.82, 2.24) is 15.1 Å². The Hall–Kier alpha value is -1.39. The average molecular weight is 289 g/mol. The highest BCUT2D eigenvalue weighted by molar-refractivity contribution is 5.81. The van der Waals surface area contributed by atoms with Gasteiger partial charge in [0.1, 0.15) is 0 Å². The van der Waals surface area contributed by atoms with Gasteiger partial charge in [-0.15, -0.1) is 0 Å². The monoisotopic (exact) mass is 289 g/mol. The molecule has 4 heteroatoms. The van der Waals surface area contributed by atoms with Crippen LogP contribution >= 0.6 is 0 Å². The lowest BCUT2D eigenvalue weighted by Crippen LogP contribution is -2.13. The molecule has 0 saturated carbocycles. The fraction of sp³-hybridized carbons (Fsp3) is 0.588. The third-order valence-electron chi connectivity index (χ3n) is 3.56. The molecular formula is C17H27N3O. The predicted molar refractivity (Wildman–Crippen MR) is 87.4 cm³/mol. The standard InChI is InChI=1S/C17H27N3O/c1-4-18-13-16-15-7-5-6-8-17(15)20(19-16)10-12-21-11-9-14(2)3/h5-8,14,18H,4,9-13H2,1-3H3. The van der Waals surface area contributed by atoms with Crippen LogP contribution < -0.4 is 5.32 Å². The molecule has 0 fully saturated rings. The Morgan fingerprint density at radius 2 is 2.05 bits per heavy atom. The number of para-hydroxylation sites is 1. The number of hydrogen-bond donors (Lipinski definition) is 1. The Morgan fingerprint density at radius 1 is 1.24 bits per heavy atom. The highest BCUT2D eigenvalue weighted by Crippen LogP contribution is 2.18. The van der Waals surface area contributed by atoms with E-state index in [2.05, 4.69) is 55.0 Å². The highest BCUT2D eigenvalue weighted by Gasteiger charge is 2.09. The molecule has 1 aromatic carbocycles. The van der Waals surface area contributed by atoms with E-state index in [0.717, 1.165) is 45.0 Å². The quantitative estimate of drug-likeness (QED) is 0.721.